The zero-order valence-corrected chi connectivity index (χ0v) is 14.8. The molecular formula is C16H18N2O4Si. The molecule has 0 N–H and O–H groups in total. The highest BCUT2D eigenvalue weighted by Gasteiger charge is 2.24. The molecule has 6 nitrogen and oxygen atoms in total. The highest BCUT2D eigenvalue weighted by atomic mass is 28.3. The van der Waals surface area contributed by atoms with Crippen molar-refractivity contribution >= 4 is 30.5 Å². The normalized spacial score (nSPS) is 11.9. The largest absolute Gasteiger partial charge is 0.465 e. The predicted octanol–water partition coefficient (Wildman–Crippen LogP) is 3.12. The van der Waals surface area contributed by atoms with Crippen molar-refractivity contribution in [2.75, 3.05) is 7.11 Å². The van der Waals surface area contributed by atoms with Crippen LogP contribution < -0.4 is 5.38 Å². The summed E-state index contributed by atoms with van der Waals surface area (Å²) in [4.78, 5) is 16.3. The molecule has 1 aromatic carbocycles. The van der Waals surface area contributed by atoms with Crippen LogP contribution in [-0.2, 0) is 4.74 Å². The van der Waals surface area contributed by atoms with E-state index in [0.717, 1.165) is 5.38 Å². The smallest absolute Gasteiger partial charge is 0.338 e. The number of aromatic nitrogens is 2. The number of ether oxygens (including phenoxy) is 1. The molecule has 0 unspecified atom stereocenters. The van der Waals surface area contributed by atoms with E-state index in [2.05, 4.69) is 29.8 Å². The van der Waals surface area contributed by atoms with Crippen LogP contribution in [-0.4, -0.2) is 31.3 Å². The van der Waals surface area contributed by atoms with Gasteiger partial charge >= 0.3 is 5.97 Å². The van der Waals surface area contributed by atoms with Crippen molar-refractivity contribution in [2.24, 2.45) is 0 Å². The topological polar surface area (TPSA) is 78.4 Å². The minimum atomic E-state index is -1.61. The molecule has 0 spiro atoms. The van der Waals surface area contributed by atoms with E-state index in [1.165, 1.54) is 7.11 Å². The maximum Gasteiger partial charge on any atom is 0.338 e. The fourth-order valence-electron chi connectivity index (χ4n) is 2.33. The lowest BCUT2D eigenvalue weighted by atomic mass is 10.1. The Balaban J connectivity index is 2.22. The maximum atomic E-state index is 11.9. The molecular weight excluding hydrogens is 312 g/mol. The third kappa shape index (κ3) is 2.79. The van der Waals surface area contributed by atoms with E-state index in [-0.39, 0.29) is 0 Å². The molecule has 2 aromatic heterocycles. The van der Waals surface area contributed by atoms with Gasteiger partial charge in [-0.15, -0.1) is 0 Å². The zero-order valence-electron chi connectivity index (χ0n) is 13.8. The van der Waals surface area contributed by atoms with Gasteiger partial charge in [0.25, 0.3) is 0 Å². The number of carbonyl (C=O) groups excluding carboxylic acids is 1. The van der Waals surface area contributed by atoms with Gasteiger partial charge in [-0.3, -0.25) is 0 Å². The number of methoxy groups -OCH3 is 1. The molecule has 0 saturated heterocycles. The molecule has 7 heteroatoms. The summed E-state index contributed by atoms with van der Waals surface area (Å²) in [5.74, 6) is 0.0910. The Labute approximate surface area is 134 Å². The first-order chi connectivity index (χ1) is 10.8. The van der Waals surface area contributed by atoms with E-state index >= 15 is 0 Å². The van der Waals surface area contributed by atoms with Gasteiger partial charge in [-0.2, -0.15) is 0 Å². The highest BCUT2D eigenvalue weighted by Crippen LogP contribution is 2.29. The Hall–Kier alpha value is -2.41. The van der Waals surface area contributed by atoms with Crippen LogP contribution in [0.1, 0.15) is 16.2 Å². The van der Waals surface area contributed by atoms with Gasteiger partial charge < -0.3 is 13.7 Å². The molecule has 0 saturated carbocycles. The summed E-state index contributed by atoms with van der Waals surface area (Å²) in [5.41, 5.74) is 2.92. The van der Waals surface area contributed by atoms with Crippen LogP contribution in [0.2, 0.25) is 19.6 Å². The minimum absolute atomic E-state index is 0.392. The lowest BCUT2D eigenvalue weighted by Crippen LogP contribution is -2.36. The Morgan fingerprint density at radius 2 is 1.96 bits per heavy atom. The van der Waals surface area contributed by atoms with E-state index in [1.54, 1.807) is 19.1 Å². The van der Waals surface area contributed by atoms with Gasteiger partial charge in [0.15, 0.2) is 11.5 Å². The van der Waals surface area contributed by atoms with Crippen molar-refractivity contribution in [3.8, 4) is 11.3 Å². The molecule has 2 heterocycles. The number of rotatable bonds is 3. The summed E-state index contributed by atoms with van der Waals surface area (Å²) in [6.45, 7) is 8.30. The van der Waals surface area contributed by atoms with Crippen molar-refractivity contribution in [1.29, 1.82) is 0 Å². The Morgan fingerprint density at radius 1 is 1.22 bits per heavy atom. The molecule has 0 amide bonds. The van der Waals surface area contributed by atoms with Crippen LogP contribution in [0.15, 0.2) is 27.1 Å². The van der Waals surface area contributed by atoms with Gasteiger partial charge in [-0.25, -0.2) is 9.78 Å². The summed E-state index contributed by atoms with van der Waals surface area (Å²) in [7, 11) is -0.270. The maximum absolute atomic E-state index is 11.9. The van der Waals surface area contributed by atoms with Crippen molar-refractivity contribution in [3.05, 3.63) is 29.7 Å². The summed E-state index contributed by atoms with van der Waals surface area (Å²) < 4.78 is 15.9. The molecule has 120 valence electrons. The molecule has 23 heavy (non-hydrogen) atoms. The van der Waals surface area contributed by atoms with E-state index in [1.807, 2.05) is 6.07 Å². The summed E-state index contributed by atoms with van der Waals surface area (Å²) in [5, 5.41) is 5.06. The monoisotopic (exact) mass is 330 g/mol. The first kappa shape index (κ1) is 15.5. The number of oxazole rings is 1. The Bertz CT molecular complexity index is 889. The Kier molecular flexibility index (Phi) is 3.60. The number of fused-ring (bicyclic) bond motifs is 1. The number of benzene rings is 1. The molecule has 0 aliphatic rings. The van der Waals surface area contributed by atoms with Crippen molar-refractivity contribution in [1.82, 2.24) is 10.1 Å². The number of hydrogen-bond donors (Lipinski definition) is 0. The lowest BCUT2D eigenvalue weighted by molar-refractivity contribution is 0.0601. The number of esters is 1. The quantitative estimate of drug-likeness (QED) is 0.542. The Morgan fingerprint density at radius 3 is 2.57 bits per heavy atom. The van der Waals surface area contributed by atoms with E-state index in [0.29, 0.717) is 33.8 Å². The predicted molar refractivity (Wildman–Crippen MR) is 88.6 cm³/mol. The second-order valence-electron chi connectivity index (χ2n) is 6.42. The summed E-state index contributed by atoms with van der Waals surface area (Å²) in [6.07, 6.45) is 0. The number of carbonyl (C=O) groups is 1. The fraction of sp³-hybridized carbons (Fsp3) is 0.312. The second kappa shape index (κ2) is 5.34. The minimum Gasteiger partial charge on any atom is -0.465 e. The first-order valence-electron chi connectivity index (χ1n) is 7.26. The van der Waals surface area contributed by atoms with E-state index in [4.69, 9.17) is 13.7 Å². The molecule has 0 radical (unpaired) electrons. The molecule has 0 aliphatic carbocycles. The third-order valence-electron chi connectivity index (χ3n) is 3.55. The fourth-order valence-corrected chi connectivity index (χ4v) is 3.22. The number of aryl methyl sites for hydroxylation is 1. The van der Waals surface area contributed by atoms with E-state index < -0.39 is 14.0 Å². The summed E-state index contributed by atoms with van der Waals surface area (Å²) >= 11 is 0. The van der Waals surface area contributed by atoms with Crippen LogP contribution in [0.3, 0.4) is 0 Å². The summed E-state index contributed by atoms with van der Waals surface area (Å²) in [6, 6.07) is 5.26. The zero-order chi connectivity index (χ0) is 16.8. The van der Waals surface area contributed by atoms with Gasteiger partial charge in [0.2, 0.25) is 0 Å². The SMILES string of the molecule is COC(=O)c1cc(-c2cc([Si](C)(C)C)on2)c2nc(C)oc2c1. The van der Waals surface area contributed by atoms with E-state index in [9.17, 15) is 4.79 Å². The molecule has 0 atom stereocenters. The van der Waals surface area contributed by atoms with Crippen LogP contribution in [0.5, 0.6) is 0 Å². The third-order valence-corrected chi connectivity index (χ3v) is 5.26. The van der Waals surface area contributed by atoms with Crippen LogP contribution in [0.4, 0.5) is 0 Å². The molecule has 0 fully saturated rings. The lowest BCUT2D eigenvalue weighted by Gasteiger charge is -2.08. The number of nitrogens with zero attached hydrogens (tertiary/aromatic N) is 2. The molecule has 3 aromatic rings. The standard InChI is InChI=1S/C16H18N2O4Si/c1-9-17-15-11(12-8-14(22-18-12)23(3,4)5)6-10(16(19)20-2)7-13(15)21-9/h6-8H,1-5H3. The van der Waals surface area contributed by atoms with Gasteiger partial charge in [0.1, 0.15) is 24.7 Å². The molecule has 0 aliphatic heterocycles. The van der Waals surface area contributed by atoms with Gasteiger partial charge in [-0.1, -0.05) is 24.8 Å². The second-order valence-corrected chi connectivity index (χ2v) is 11.4. The van der Waals surface area contributed by atoms with Crippen LogP contribution in [0.25, 0.3) is 22.4 Å². The van der Waals surface area contributed by atoms with Gasteiger partial charge in [-0.05, 0) is 12.1 Å². The van der Waals surface area contributed by atoms with Crippen molar-refractivity contribution < 1.29 is 18.5 Å². The number of hydrogen-bond acceptors (Lipinski definition) is 6. The van der Waals surface area contributed by atoms with Gasteiger partial charge in [0, 0.05) is 18.6 Å². The first-order valence-corrected chi connectivity index (χ1v) is 10.8. The average molecular weight is 330 g/mol. The van der Waals surface area contributed by atoms with Gasteiger partial charge in [0.05, 0.1) is 12.7 Å². The van der Waals surface area contributed by atoms with Crippen LogP contribution >= 0.6 is 0 Å². The molecule has 3 rings (SSSR count). The average Bonchev–Trinajstić information content (AvgIpc) is 3.10. The van der Waals surface area contributed by atoms with Crippen LogP contribution in [0, 0.1) is 6.92 Å². The molecule has 0 bridgehead atoms. The van der Waals surface area contributed by atoms with Crippen molar-refractivity contribution in [3.63, 3.8) is 0 Å². The van der Waals surface area contributed by atoms with Crippen molar-refractivity contribution in [2.45, 2.75) is 26.6 Å². The highest BCUT2D eigenvalue weighted by molar-refractivity contribution is 6.87.